The van der Waals surface area contributed by atoms with E-state index in [1.165, 1.54) is 12.1 Å². The van der Waals surface area contributed by atoms with Crippen LogP contribution >= 0.6 is 0 Å². The lowest BCUT2D eigenvalue weighted by Crippen LogP contribution is -2.20. The molecule has 0 amide bonds. The van der Waals surface area contributed by atoms with Crippen LogP contribution in [0.25, 0.3) is 32.9 Å². The van der Waals surface area contributed by atoms with E-state index >= 15 is 4.39 Å². The van der Waals surface area contributed by atoms with Gasteiger partial charge in [-0.15, -0.1) is 0 Å². The van der Waals surface area contributed by atoms with Crippen molar-refractivity contribution in [1.82, 2.24) is 15.0 Å². The zero-order valence-corrected chi connectivity index (χ0v) is 17.4. The van der Waals surface area contributed by atoms with Gasteiger partial charge in [-0.1, -0.05) is 13.0 Å². The van der Waals surface area contributed by atoms with Crippen molar-refractivity contribution in [3.05, 3.63) is 53.5 Å². The summed E-state index contributed by atoms with van der Waals surface area (Å²) in [6.07, 6.45) is 4.15. The smallest absolute Gasteiger partial charge is 0.175 e. The van der Waals surface area contributed by atoms with E-state index in [4.69, 9.17) is 0 Å². The molecule has 1 aliphatic rings. The molecule has 3 heterocycles. The van der Waals surface area contributed by atoms with Gasteiger partial charge in [-0.25, -0.2) is 18.7 Å². The minimum atomic E-state index is -0.596. The zero-order valence-electron chi connectivity index (χ0n) is 17.4. The number of benzene rings is 2. The Morgan fingerprint density at radius 2 is 1.87 bits per heavy atom. The van der Waals surface area contributed by atoms with Gasteiger partial charge in [0.2, 0.25) is 0 Å². The number of rotatable bonds is 3. The van der Waals surface area contributed by atoms with Crippen molar-refractivity contribution in [1.29, 1.82) is 0 Å². The van der Waals surface area contributed by atoms with E-state index in [2.05, 4.69) is 19.9 Å². The molecule has 1 fully saturated rings. The Morgan fingerprint density at radius 1 is 1.10 bits per heavy atom. The number of aromatic hydroxyl groups is 1. The second-order valence-corrected chi connectivity index (χ2v) is 7.94. The number of aromatic nitrogens is 3. The van der Waals surface area contributed by atoms with Gasteiger partial charge in [-0.3, -0.25) is 4.98 Å². The first kappa shape index (κ1) is 19.6. The number of phenolic OH excluding ortho intramolecular Hbond substituents is 1. The topological polar surface area (TPSA) is 62.1 Å². The molecule has 7 heteroatoms. The minimum absolute atomic E-state index is 0.0333. The van der Waals surface area contributed by atoms with Crippen molar-refractivity contribution >= 4 is 27.5 Å². The molecule has 1 saturated heterocycles. The van der Waals surface area contributed by atoms with Crippen molar-refractivity contribution in [2.45, 2.75) is 33.1 Å². The van der Waals surface area contributed by atoms with Gasteiger partial charge in [0, 0.05) is 24.8 Å². The number of nitrogens with zero attached hydrogens (tertiary/aromatic N) is 4. The lowest BCUT2D eigenvalue weighted by atomic mass is 9.94. The Labute approximate surface area is 178 Å². The number of hydrogen-bond acceptors (Lipinski definition) is 5. The number of pyridine rings is 1. The maximum Gasteiger partial charge on any atom is 0.175 e. The second-order valence-electron chi connectivity index (χ2n) is 7.94. The SMILES string of the molecule is CCc1c(F)ccc2cc(O)cc(-c3ncc4c(N5CCCC5)nc(C)nc4c3F)c12. The summed E-state index contributed by atoms with van der Waals surface area (Å²) in [5.41, 5.74) is 1.04. The number of aryl methyl sites for hydroxylation is 2. The van der Waals surface area contributed by atoms with E-state index in [1.807, 2.05) is 6.92 Å². The zero-order chi connectivity index (χ0) is 21.7. The summed E-state index contributed by atoms with van der Waals surface area (Å²) >= 11 is 0. The van der Waals surface area contributed by atoms with Gasteiger partial charge in [-0.2, -0.15) is 0 Å². The Morgan fingerprint density at radius 3 is 2.61 bits per heavy atom. The van der Waals surface area contributed by atoms with E-state index in [0.717, 1.165) is 25.9 Å². The molecule has 5 rings (SSSR count). The van der Waals surface area contributed by atoms with Crippen LogP contribution in [0.2, 0.25) is 0 Å². The summed E-state index contributed by atoms with van der Waals surface area (Å²) < 4.78 is 30.4. The van der Waals surface area contributed by atoms with Crippen LogP contribution in [-0.2, 0) is 6.42 Å². The van der Waals surface area contributed by atoms with Crippen LogP contribution in [0.4, 0.5) is 14.6 Å². The average molecular weight is 420 g/mol. The molecule has 0 aliphatic carbocycles. The van der Waals surface area contributed by atoms with Crippen molar-refractivity contribution in [3.63, 3.8) is 0 Å². The molecule has 2 aromatic heterocycles. The first-order valence-electron chi connectivity index (χ1n) is 10.5. The summed E-state index contributed by atoms with van der Waals surface area (Å²) in [7, 11) is 0. The fraction of sp³-hybridized carbons (Fsp3) is 0.292. The molecule has 0 unspecified atom stereocenters. The average Bonchev–Trinajstić information content (AvgIpc) is 3.28. The first-order chi connectivity index (χ1) is 15.0. The summed E-state index contributed by atoms with van der Waals surface area (Å²) in [5, 5.41) is 12.0. The van der Waals surface area contributed by atoms with Gasteiger partial charge in [0.05, 0.1) is 5.39 Å². The van der Waals surface area contributed by atoms with Crippen molar-refractivity contribution in [2.75, 3.05) is 18.0 Å². The third kappa shape index (κ3) is 3.15. The van der Waals surface area contributed by atoms with Crippen molar-refractivity contribution < 1.29 is 13.9 Å². The molecule has 0 bridgehead atoms. The summed E-state index contributed by atoms with van der Waals surface area (Å²) in [6.45, 7) is 5.32. The highest BCUT2D eigenvalue weighted by atomic mass is 19.1. The molecule has 5 nitrogen and oxygen atoms in total. The molecule has 0 saturated carbocycles. The second kappa shape index (κ2) is 7.41. The van der Waals surface area contributed by atoms with Crippen LogP contribution < -0.4 is 4.90 Å². The molecule has 158 valence electrons. The summed E-state index contributed by atoms with van der Waals surface area (Å²) in [6, 6.07) is 5.94. The highest BCUT2D eigenvalue weighted by Gasteiger charge is 2.23. The highest BCUT2D eigenvalue weighted by Crippen LogP contribution is 2.38. The van der Waals surface area contributed by atoms with Gasteiger partial charge in [0.15, 0.2) is 5.82 Å². The Kier molecular flexibility index (Phi) is 4.68. The predicted octanol–water partition coefficient (Wildman–Crippen LogP) is 5.30. The molecular formula is C24H22F2N4O. The highest BCUT2D eigenvalue weighted by molar-refractivity contribution is 6.01. The molecule has 2 aromatic carbocycles. The number of phenols is 1. The van der Waals surface area contributed by atoms with Crippen LogP contribution in [-0.4, -0.2) is 33.1 Å². The molecule has 4 aromatic rings. The number of anilines is 1. The maximum absolute atomic E-state index is 15.9. The van der Waals surface area contributed by atoms with Crippen LogP contribution in [0, 0.1) is 18.6 Å². The van der Waals surface area contributed by atoms with E-state index in [-0.39, 0.29) is 22.8 Å². The van der Waals surface area contributed by atoms with E-state index in [9.17, 15) is 9.50 Å². The normalized spacial score (nSPS) is 14.1. The summed E-state index contributed by atoms with van der Waals surface area (Å²) in [5.74, 6) is 0.180. The van der Waals surface area contributed by atoms with Crippen molar-refractivity contribution in [2.24, 2.45) is 0 Å². The first-order valence-corrected chi connectivity index (χ1v) is 10.5. The van der Waals surface area contributed by atoms with Gasteiger partial charge in [0.25, 0.3) is 0 Å². The number of hydrogen-bond donors (Lipinski definition) is 1. The van der Waals surface area contributed by atoms with Crippen LogP contribution in [0.15, 0.2) is 30.5 Å². The quantitative estimate of drug-likeness (QED) is 0.487. The molecule has 0 spiro atoms. The molecule has 0 radical (unpaired) electrons. The fourth-order valence-corrected chi connectivity index (χ4v) is 4.54. The monoisotopic (exact) mass is 420 g/mol. The number of halogens is 2. The molecule has 31 heavy (non-hydrogen) atoms. The molecule has 0 atom stereocenters. The third-order valence-electron chi connectivity index (χ3n) is 5.94. The number of fused-ring (bicyclic) bond motifs is 2. The Bertz CT molecular complexity index is 1330. The van der Waals surface area contributed by atoms with Gasteiger partial charge in [0.1, 0.15) is 34.4 Å². The summed E-state index contributed by atoms with van der Waals surface area (Å²) in [4.78, 5) is 15.5. The van der Waals surface area contributed by atoms with Gasteiger partial charge in [-0.05, 0) is 60.7 Å². The lowest BCUT2D eigenvalue weighted by Gasteiger charge is -2.19. The van der Waals surface area contributed by atoms with E-state index in [0.29, 0.717) is 45.3 Å². The lowest BCUT2D eigenvalue weighted by molar-refractivity contribution is 0.476. The van der Waals surface area contributed by atoms with E-state index < -0.39 is 5.82 Å². The maximum atomic E-state index is 15.9. The van der Waals surface area contributed by atoms with Crippen LogP contribution in [0.3, 0.4) is 0 Å². The Balaban J connectivity index is 1.82. The largest absolute Gasteiger partial charge is 0.508 e. The molecule has 1 N–H and O–H groups in total. The minimum Gasteiger partial charge on any atom is -0.508 e. The predicted molar refractivity (Wildman–Crippen MR) is 117 cm³/mol. The Hall–Kier alpha value is -3.35. The van der Waals surface area contributed by atoms with Gasteiger partial charge < -0.3 is 10.0 Å². The van der Waals surface area contributed by atoms with Gasteiger partial charge >= 0.3 is 0 Å². The molecule has 1 aliphatic heterocycles. The van der Waals surface area contributed by atoms with Crippen molar-refractivity contribution in [3.8, 4) is 17.0 Å². The molecular weight excluding hydrogens is 398 g/mol. The van der Waals surface area contributed by atoms with Crippen LogP contribution in [0.1, 0.15) is 31.2 Å². The standard InChI is InChI=1S/C24H22F2N4O/c1-3-16-19(25)7-6-14-10-15(31)11-17(20(14)16)22-21(26)23-18(12-27-22)24(29-13(2)28-23)30-8-4-5-9-30/h6-7,10-12,31H,3-5,8-9H2,1-2H3. The van der Waals surface area contributed by atoms with Crippen LogP contribution in [0.5, 0.6) is 5.75 Å². The van der Waals surface area contributed by atoms with E-state index in [1.54, 1.807) is 25.3 Å². The fourth-order valence-electron chi connectivity index (χ4n) is 4.54. The third-order valence-corrected chi connectivity index (χ3v) is 5.94.